The molecule has 0 aromatic carbocycles. The summed E-state index contributed by atoms with van der Waals surface area (Å²) in [5.41, 5.74) is -2.55. The van der Waals surface area contributed by atoms with Crippen LogP contribution in [-0.4, -0.2) is 81.7 Å². The van der Waals surface area contributed by atoms with Gasteiger partial charge in [0.2, 0.25) is 0 Å². The van der Waals surface area contributed by atoms with Gasteiger partial charge in [-0.05, 0) is 149 Å². The minimum absolute atomic E-state index is 0.0134. The molecule has 9 nitrogen and oxygen atoms in total. The Morgan fingerprint density at radius 2 is 1.45 bits per heavy atom. The molecule has 2 heterocycles. The lowest BCUT2D eigenvalue weighted by Crippen LogP contribution is -2.72. The third kappa shape index (κ3) is 9.47. The largest absolute Gasteiger partial charge is 0.461 e. The molecule has 3 saturated carbocycles. The van der Waals surface area contributed by atoms with Crippen molar-refractivity contribution >= 4 is 34.5 Å². The summed E-state index contributed by atoms with van der Waals surface area (Å²) in [6.45, 7) is 35.5. The summed E-state index contributed by atoms with van der Waals surface area (Å²) in [7, 11) is -3.95. The van der Waals surface area contributed by atoms with E-state index in [-0.39, 0.29) is 59.5 Å². The highest BCUT2D eigenvalue weighted by Crippen LogP contribution is 2.72. The van der Waals surface area contributed by atoms with Crippen molar-refractivity contribution in [3.63, 3.8) is 0 Å². The second-order valence-electron chi connectivity index (χ2n) is 22.5. The SMILES string of the molecule is CC[Si](CC)(CC)O[C@@H]1C[C@H](C)C[C@@H]2[C@@H]1C[C@@H](O[Si](CC)(CC)CC)[C@H]1[C@@]2(C)C[C@H]2OC(=O)C[C@]1(C)[C@]2(C)/C=C/C(=O)C[C@@H](C)C[C@@H]1CN(C(=O)OC(C)(C)C)C(C)(C)O1. The van der Waals surface area contributed by atoms with E-state index in [4.69, 9.17) is 23.1 Å². The van der Waals surface area contributed by atoms with Crippen molar-refractivity contribution in [2.45, 2.75) is 228 Å². The molecule has 0 aromatic rings. The van der Waals surface area contributed by atoms with Gasteiger partial charge in [-0.3, -0.25) is 14.5 Å². The molecule has 0 spiro atoms. The number of ether oxygens (including phenoxy) is 3. The van der Waals surface area contributed by atoms with Gasteiger partial charge >= 0.3 is 12.1 Å². The number of hydrogen-bond acceptors (Lipinski definition) is 8. The highest BCUT2D eigenvalue weighted by molar-refractivity contribution is 6.74. The molecule has 1 amide bonds. The number of rotatable bonds is 16. The number of fused-ring (bicyclic) bond motifs is 6. The molecule has 2 aliphatic heterocycles. The molecule has 0 unspecified atom stereocenters. The predicted molar refractivity (Wildman–Crippen MR) is 245 cm³/mol. The van der Waals surface area contributed by atoms with Crippen LogP contribution in [0.15, 0.2) is 12.2 Å². The predicted octanol–water partition coefficient (Wildman–Crippen LogP) is 12.1. The molecule has 11 heteroatoms. The summed E-state index contributed by atoms with van der Waals surface area (Å²) in [6, 6.07) is 6.69. The molecule has 3 aliphatic carbocycles. The maximum Gasteiger partial charge on any atom is 0.412 e. The van der Waals surface area contributed by atoms with Gasteiger partial charge < -0.3 is 23.1 Å². The van der Waals surface area contributed by atoms with Crippen molar-refractivity contribution in [3.05, 3.63) is 12.2 Å². The summed E-state index contributed by atoms with van der Waals surface area (Å²) in [5, 5.41) is 0. The van der Waals surface area contributed by atoms with Gasteiger partial charge in [-0.25, -0.2) is 4.79 Å². The number of hydrogen-bond donors (Lipinski definition) is 0. The van der Waals surface area contributed by atoms with Gasteiger partial charge in [0, 0.05) is 24.0 Å². The first-order chi connectivity index (χ1) is 27.8. The van der Waals surface area contributed by atoms with Crippen molar-refractivity contribution in [1.29, 1.82) is 0 Å². The zero-order valence-corrected chi connectivity index (χ0v) is 43.0. The standard InChI is InChI=1S/C49H87NO8Si2/c1-17-59(18-2,19-3)57-39-28-34(8)27-38-37(39)29-40(58-60(20-4,21-5)22-6)43-47(38,14)30-41-48(15,49(43,16)31-42(52)54-41)24-23-35(51)25-33(7)26-36-32-50(46(12,13)55-36)44(53)56-45(9,10)11/h23-24,33-34,36-41,43H,17-22,25-32H2,1-16H3/b24-23+/t33-,34-,36-,37+,38-,39-,40-,41-,43+,47+,48-,49+/m1/s1. The van der Waals surface area contributed by atoms with Crippen molar-refractivity contribution in [3.8, 4) is 0 Å². The Hall–Kier alpha value is -1.54. The summed E-state index contributed by atoms with van der Waals surface area (Å²) in [5.74, 6) is 1.52. The molecule has 0 N–H and O–H groups in total. The van der Waals surface area contributed by atoms with Crippen molar-refractivity contribution < 1.29 is 37.4 Å². The zero-order valence-electron chi connectivity index (χ0n) is 41.0. The minimum atomic E-state index is -2.07. The zero-order chi connectivity index (χ0) is 44.9. The lowest BCUT2D eigenvalue weighted by molar-refractivity contribution is -0.271. The summed E-state index contributed by atoms with van der Waals surface area (Å²) in [6.07, 6.45) is 8.65. The lowest BCUT2D eigenvalue weighted by Gasteiger charge is -2.71. The number of allylic oxidation sites excluding steroid dienone is 1. The molecule has 5 fully saturated rings. The minimum Gasteiger partial charge on any atom is -0.461 e. The highest BCUT2D eigenvalue weighted by Gasteiger charge is 2.72. The molecule has 344 valence electrons. The number of nitrogens with zero attached hydrogens (tertiary/aromatic N) is 1. The van der Waals surface area contributed by atoms with Crippen LogP contribution in [0.1, 0.15) is 156 Å². The molecular weight excluding hydrogens is 787 g/mol. The van der Waals surface area contributed by atoms with Gasteiger partial charge in [-0.2, -0.15) is 0 Å². The monoisotopic (exact) mass is 874 g/mol. The summed E-state index contributed by atoms with van der Waals surface area (Å²) < 4.78 is 33.8. The number of carbonyl (C=O) groups excluding carboxylic acids is 3. The molecule has 60 heavy (non-hydrogen) atoms. The molecule has 12 atom stereocenters. The maximum absolute atomic E-state index is 14.0. The quantitative estimate of drug-likeness (QED) is 0.0859. The third-order valence-corrected chi connectivity index (χ3v) is 26.7. The first-order valence-electron chi connectivity index (χ1n) is 24.3. The van der Waals surface area contributed by atoms with Crippen LogP contribution in [0.3, 0.4) is 0 Å². The van der Waals surface area contributed by atoms with Gasteiger partial charge in [0.25, 0.3) is 0 Å². The van der Waals surface area contributed by atoms with Gasteiger partial charge in [0.15, 0.2) is 22.4 Å². The van der Waals surface area contributed by atoms with E-state index < -0.39 is 38.8 Å². The Labute approximate surface area is 367 Å². The van der Waals surface area contributed by atoms with Crippen LogP contribution in [0.4, 0.5) is 4.79 Å². The van der Waals surface area contributed by atoms with E-state index in [0.29, 0.717) is 43.6 Å². The Morgan fingerprint density at radius 3 is 2.00 bits per heavy atom. The Kier molecular flexibility index (Phi) is 15.0. The van der Waals surface area contributed by atoms with Crippen LogP contribution in [0, 0.1) is 45.8 Å². The maximum atomic E-state index is 14.0. The van der Waals surface area contributed by atoms with E-state index in [1.807, 2.05) is 34.6 Å². The lowest BCUT2D eigenvalue weighted by atomic mass is 9.36. The fourth-order valence-corrected chi connectivity index (χ4v) is 19.2. The Balaban J connectivity index is 1.45. The second-order valence-corrected chi connectivity index (χ2v) is 32.0. The van der Waals surface area contributed by atoms with Crippen LogP contribution in [0.5, 0.6) is 0 Å². The van der Waals surface area contributed by atoms with Crippen LogP contribution < -0.4 is 0 Å². The molecule has 0 aromatic heterocycles. The fourth-order valence-electron chi connectivity index (χ4n) is 13.4. The smallest absolute Gasteiger partial charge is 0.412 e. The Morgan fingerprint density at radius 1 is 0.883 bits per heavy atom. The molecule has 2 saturated heterocycles. The number of esters is 1. The van der Waals surface area contributed by atoms with E-state index in [1.54, 1.807) is 11.0 Å². The summed E-state index contributed by atoms with van der Waals surface area (Å²) >= 11 is 0. The van der Waals surface area contributed by atoms with Crippen molar-refractivity contribution in [2.24, 2.45) is 45.8 Å². The van der Waals surface area contributed by atoms with Gasteiger partial charge in [-0.15, -0.1) is 0 Å². The second kappa shape index (κ2) is 18.2. The van der Waals surface area contributed by atoms with E-state index in [9.17, 15) is 14.4 Å². The van der Waals surface area contributed by atoms with E-state index >= 15 is 0 Å². The van der Waals surface area contributed by atoms with Crippen molar-refractivity contribution in [2.75, 3.05) is 6.54 Å². The number of amides is 1. The molecule has 0 radical (unpaired) electrons. The van der Waals surface area contributed by atoms with Crippen LogP contribution in [-0.2, 0) is 32.7 Å². The first kappa shape index (κ1) is 49.5. The van der Waals surface area contributed by atoms with Gasteiger partial charge in [-0.1, -0.05) is 82.2 Å². The van der Waals surface area contributed by atoms with Crippen molar-refractivity contribution in [1.82, 2.24) is 4.90 Å². The molecular formula is C49H87NO8Si2. The number of ketones is 1. The highest BCUT2D eigenvalue weighted by atomic mass is 28.4. The molecule has 5 aliphatic rings. The topological polar surface area (TPSA) is 101 Å². The fraction of sp³-hybridized carbons (Fsp3) is 0.898. The third-order valence-electron chi connectivity index (χ3n) is 17.3. The van der Waals surface area contributed by atoms with Gasteiger partial charge in [0.05, 0.1) is 19.1 Å². The van der Waals surface area contributed by atoms with E-state index in [1.165, 1.54) is 0 Å². The van der Waals surface area contributed by atoms with Crippen LogP contribution in [0.2, 0.25) is 36.3 Å². The average molecular weight is 874 g/mol. The van der Waals surface area contributed by atoms with E-state index in [2.05, 4.69) is 82.2 Å². The van der Waals surface area contributed by atoms with E-state index in [0.717, 1.165) is 61.9 Å². The average Bonchev–Trinajstić information content (AvgIpc) is 3.46. The van der Waals surface area contributed by atoms with Crippen LogP contribution in [0.25, 0.3) is 0 Å². The molecule has 2 bridgehead atoms. The number of carbonyl (C=O) groups is 3. The molecule has 5 rings (SSSR count). The van der Waals surface area contributed by atoms with Crippen LogP contribution >= 0.6 is 0 Å². The Bertz CT molecular complexity index is 1550. The normalized spacial score (nSPS) is 37.3. The summed E-state index contributed by atoms with van der Waals surface area (Å²) in [4.78, 5) is 42.4. The first-order valence-corrected chi connectivity index (χ1v) is 29.3. The van der Waals surface area contributed by atoms with Gasteiger partial charge in [0.1, 0.15) is 17.4 Å².